The first-order valence-corrected chi connectivity index (χ1v) is 8.86. The minimum absolute atomic E-state index is 0. The molecule has 3 atom stereocenters. The van der Waals surface area contributed by atoms with E-state index in [-0.39, 0.29) is 36.2 Å². The maximum Gasteiger partial charge on any atom is 1.00 e. The van der Waals surface area contributed by atoms with Crippen LogP contribution in [0.25, 0.3) is 0 Å². The fraction of sp³-hybridized carbons (Fsp3) is 0.471. The predicted molar refractivity (Wildman–Crippen MR) is 90.9 cm³/mol. The summed E-state index contributed by atoms with van der Waals surface area (Å²) in [5.41, 5.74) is -1.61. The van der Waals surface area contributed by atoms with Gasteiger partial charge in [-0.25, -0.2) is 0 Å². The van der Waals surface area contributed by atoms with E-state index >= 15 is 0 Å². The number of carbonyl (C=O) groups is 3. The van der Waals surface area contributed by atoms with E-state index in [0.29, 0.717) is 5.75 Å². The molecule has 0 bridgehead atoms. The van der Waals surface area contributed by atoms with Gasteiger partial charge in [0.1, 0.15) is 11.1 Å². The third-order valence-corrected chi connectivity index (χ3v) is 6.10. The van der Waals surface area contributed by atoms with Gasteiger partial charge in [-0.1, -0.05) is 18.2 Å². The molecule has 1 N–H and O–H groups in total. The molecule has 140 valence electrons. The van der Waals surface area contributed by atoms with Gasteiger partial charge < -0.3 is 29.6 Å². The summed E-state index contributed by atoms with van der Waals surface area (Å²) in [5.74, 6) is -1.96. The molecule has 0 spiro atoms. The summed E-state index contributed by atoms with van der Waals surface area (Å²) in [6.07, 6.45) is 0. The van der Waals surface area contributed by atoms with Crippen molar-refractivity contribution in [2.24, 2.45) is 0 Å². The Labute approximate surface area is 183 Å². The van der Waals surface area contributed by atoms with Crippen LogP contribution in [0.1, 0.15) is 13.8 Å². The summed E-state index contributed by atoms with van der Waals surface area (Å²) < 4.78 is 9.93. The van der Waals surface area contributed by atoms with Crippen LogP contribution in [0.4, 0.5) is 0 Å². The second-order valence-electron chi connectivity index (χ2n) is 6.60. The van der Waals surface area contributed by atoms with Crippen LogP contribution in [-0.4, -0.2) is 58.3 Å². The molecule has 2 amide bonds. The van der Waals surface area contributed by atoms with Crippen LogP contribution in [-0.2, 0) is 19.1 Å². The number of rotatable bonds is 6. The van der Waals surface area contributed by atoms with E-state index < -0.39 is 39.7 Å². The summed E-state index contributed by atoms with van der Waals surface area (Å²) in [6.45, 7) is 3.13. The maximum absolute atomic E-state index is 12.6. The van der Waals surface area contributed by atoms with Crippen LogP contribution < -0.4 is 44.7 Å². The third kappa shape index (κ3) is 3.71. The monoisotopic (exact) mass is 402 g/mol. The van der Waals surface area contributed by atoms with E-state index in [0.717, 1.165) is 0 Å². The van der Waals surface area contributed by atoms with Crippen LogP contribution in [0.5, 0.6) is 5.75 Å². The number of aliphatic carboxylic acids is 1. The molecule has 3 rings (SSSR count). The molecule has 2 fully saturated rings. The minimum atomic E-state index is -1.61. The molecular formula is C17H19N2NaO6S. The topological polar surface area (TPSA) is 108 Å². The number of para-hydroxylation sites is 1. The number of β-lactam (4-membered cyclic amide) rings is 1. The number of hydrogen-bond acceptors (Lipinski definition) is 7. The number of ether oxygens (including phenoxy) is 2. The Hall–Kier alpha value is -1.26. The molecule has 2 heterocycles. The molecule has 0 unspecified atom stereocenters. The summed E-state index contributed by atoms with van der Waals surface area (Å²) >= 11 is 1.25. The minimum Gasteiger partial charge on any atom is -0.548 e. The molecule has 0 aliphatic carbocycles. The van der Waals surface area contributed by atoms with Gasteiger partial charge in [-0.3, -0.25) is 9.59 Å². The summed E-state index contributed by atoms with van der Waals surface area (Å²) in [6, 6.07) is 7.68. The molecule has 10 heteroatoms. The number of nitrogens with one attached hydrogen (secondary N) is 1. The van der Waals surface area contributed by atoms with Crippen LogP contribution in [0.2, 0.25) is 0 Å². The van der Waals surface area contributed by atoms with Crippen molar-refractivity contribution < 1.29 is 58.5 Å². The molecule has 1 aromatic carbocycles. The number of nitrogens with zero attached hydrogens (tertiary/aromatic N) is 1. The van der Waals surface area contributed by atoms with E-state index in [4.69, 9.17) is 9.47 Å². The van der Waals surface area contributed by atoms with Crippen LogP contribution >= 0.6 is 11.8 Å². The van der Waals surface area contributed by atoms with E-state index in [2.05, 4.69) is 5.32 Å². The number of carboxylic acids is 1. The zero-order valence-electron chi connectivity index (χ0n) is 15.6. The smallest absolute Gasteiger partial charge is 0.548 e. The Morgan fingerprint density at radius 1 is 1.30 bits per heavy atom. The van der Waals surface area contributed by atoms with Crippen molar-refractivity contribution in [3.8, 4) is 5.75 Å². The van der Waals surface area contributed by atoms with Gasteiger partial charge >= 0.3 is 29.6 Å². The molecule has 1 aromatic rings. The molecule has 8 nitrogen and oxygen atoms in total. The molecule has 2 aliphatic rings. The number of methoxy groups -OCH3 is 1. The number of fused-ring (bicyclic) bond motifs is 1. The maximum atomic E-state index is 12.6. The summed E-state index contributed by atoms with van der Waals surface area (Å²) in [7, 11) is 1.30. The second kappa shape index (κ2) is 8.00. The van der Waals surface area contributed by atoms with Crippen molar-refractivity contribution in [2.75, 3.05) is 13.7 Å². The first-order valence-electron chi connectivity index (χ1n) is 7.98. The Bertz CT molecular complexity index is 746. The molecule has 27 heavy (non-hydrogen) atoms. The largest absolute Gasteiger partial charge is 1.00 e. The van der Waals surface area contributed by atoms with Gasteiger partial charge in [0.25, 0.3) is 17.5 Å². The van der Waals surface area contributed by atoms with E-state index in [1.54, 1.807) is 38.1 Å². The second-order valence-corrected chi connectivity index (χ2v) is 8.33. The molecule has 0 aromatic heterocycles. The normalized spacial score (nSPS) is 27.8. The molecule has 2 aliphatic heterocycles. The average Bonchev–Trinajstić information content (AvgIpc) is 2.88. The Morgan fingerprint density at radius 2 is 1.93 bits per heavy atom. The van der Waals surface area contributed by atoms with Crippen molar-refractivity contribution in [2.45, 2.75) is 35.7 Å². The first kappa shape index (κ1) is 22.0. The summed E-state index contributed by atoms with van der Waals surface area (Å²) in [4.78, 5) is 37.6. The SMILES string of the molecule is CO[C@@]1(NC(=O)COc2ccccc2)C(=O)N2[C@@H](C(=O)[O-])C(C)(C)S[C@@H]21.[Na+]. The van der Waals surface area contributed by atoms with Crippen molar-refractivity contribution in [1.29, 1.82) is 0 Å². The third-order valence-electron chi connectivity index (χ3n) is 4.49. The van der Waals surface area contributed by atoms with E-state index in [1.807, 2.05) is 6.07 Å². The van der Waals surface area contributed by atoms with Gasteiger partial charge in [-0.2, -0.15) is 0 Å². The summed E-state index contributed by atoms with van der Waals surface area (Å²) in [5, 5.41) is 13.4. The number of amides is 2. The van der Waals surface area contributed by atoms with Crippen molar-refractivity contribution >= 4 is 29.5 Å². The quantitative estimate of drug-likeness (QED) is 0.297. The van der Waals surface area contributed by atoms with Gasteiger partial charge in [-0.05, 0) is 26.0 Å². The Kier molecular flexibility index (Phi) is 6.53. The molecule has 0 saturated carbocycles. The fourth-order valence-electron chi connectivity index (χ4n) is 3.27. The van der Waals surface area contributed by atoms with Crippen molar-refractivity contribution in [3.05, 3.63) is 30.3 Å². The van der Waals surface area contributed by atoms with Gasteiger partial charge in [0.05, 0.1) is 12.0 Å². The number of carbonyl (C=O) groups excluding carboxylic acids is 3. The Morgan fingerprint density at radius 3 is 2.48 bits per heavy atom. The zero-order valence-corrected chi connectivity index (χ0v) is 18.4. The Balaban J connectivity index is 0.00000261. The van der Waals surface area contributed by atoms with Gasteiger partial charge in [-0.15, -0.1) is 11.8 Å². The number of carboxylic acid groups (broad SMARTS) is 1. The molecule has 2 saturated heterocycles. The van der Waals surface area contributed by atoms with Crippen LogP contribution in [0.15, 0.2) is 30.3 Å². The number of hydrogen-bond donors (Lipinski definition) is 1. The van der Waals surface area contributed by atoms with E-state index in [1.165, 1.54) is 23.8 Å². The molecule has 0 radical (unpaired) electrons. The van der Waals surface area contributed by atoms with Crippen LogP contribution in [0.3, 0.4) is 0 Å². The fourth-order valence-corrected chi connectivity index (χ4v) is 4.94. The van der Waals surface area contributed by atoms with Gasteiger partial charge in [0.15, 0.2) is 6.61 Å². The van der Waals surface area contributed by atoms with E-state index in [9.17, 15) is 19.5 Å². The van der Waals surface area contributed by atoms with Crippen LogP contribution in [0, 0.1) is 0 Å². The average molecular weight is 402 g/mol. The number of benzene rings is 1. The van der Waals surface area contributed by atoms with Gasteiger partial charge in [0.2, 0.25) is 0 Å². The standard InChI is InChI=1S/C17H20N2O6S.Na/c1-16(2)12(13(21)22)19-14(23)17(24-3,15(19)26-16)18-11(20)9-25-10-7-5-4-6-8-10;/h4-8,12,15H,9H2,1-3H3,(H,18,20)(H,21,22);/q;+1/p-1/t12-,15+,17-;/m0./s1. The van der Waals surface area contributed by atoms with Gasteiger partial charge in [0, 0.05) is 11.9 Å². The molecular weight excluding hydrogens is 383 g/mol. The van der Waals surface area contributed by atoms with Crippen molar-refractivity contribution in [3.63, 3.8) is 0 Å². The van der Waals surface area contributed by atoms with Crippen molar-refractivity contribution in [1.82, 2.24) is 10.2 Å². The first-order chi connectivity index (χ1) is 12.2. The number of thioether (sulfide) groups is 1. The zero-order chi connectivity index (χ0) is 19.1. The predicted octanol–water partition coefficient (Wildman–Crippen LogP) is -3.66.